The number of unbranched alkanes of at least 4 members (excludes halogenated alkanes) is 37. The molecule has 0 aliphatic heterocycles. The zero-order valence-electron chi connectivity index (χ0n) is 54.2. The van der Waals surface area contributed by atoms with E-state index in [2.05, 4.69) is 118 Å². The quantitative estimate of drug-likeness (QED) is 0.0261. The lowest BCUT2D eigenvalue weighted by Crippen LogP contribution is -2.30. The Balaban J connectivity index is 4.16. The van der Waals surface area contributed by atoms with Gasteiger partial charge < -0.3 is 14.2 Å². The Morgan fingerprint density at radius 1 is 0.256 bits per heavy atom. The Morgan fingerprint density at radius 2 is 0.500 bits per heavy atom. The molecule has 6 heteroatoms. The van der Waals surface area contributed by atoms with Crippen LogP contribution < -0.4 is 0 Å². The van der Waals surface area contributed by atoms with Gasteiger partial charge in [0.1, 0.15) is 13.2 Å². The highest BCUT2D eigenvalue weighted by atomic mass is 16.6. The molecule has 472 valence electrons. The van der Waals surface area contributed by atoms with Gasteiger partial charge in [-0.3, -0.25) is 14.4 Å². The number of hydrogen-bond acceptors (Lipinski definition) is 6. The van der Waals surface area contributed by atoms with E-state index < -0.39 is 6.10 Å². The first-order valence-corrected chi connectivity index (χ1v) is 35.2. The van der Waals surface area contributed by atoms with E-state index >= 15 is 0 Å². The largest absolute Gasteiger partial charge is 0.462 e. The average molecular weight is 1140 g/mol. The molecule has 0 aliphatic carbocycles. The van der Waals surface area contributed by atoms with E-state index in [0.29, 0.717) is 19.3 Å². The minimum Gasteiger partial charge on any atom is -0.462 e. The van der Waals surface area contributed by atoms with Crippen LogP contribution in [0.1, 0.15) is 348 Å². The molecular weight excluding hydrogens is 1010 g/mol. The van der Waals surface area contributed by atoms with Gasteiger partial charge in [0.2, 0.25) is 0 Å². The summed E-state index contributed by atoms with van der Waals surface area (Å²) in [5.74, 6) is -0.884. The summed E-state index contributed by atoms with van der Waals surface area (Å²) in [6, 6.07) is 0. The Bertz CT molecular complexity index is 1590. The third-order valence-corrected chi connectivity index (χ3v) is 15.3. The first kappa shape index (κ1) is 78.3. The number of esters is 3. The number of carbonyl (C=O) groups excluding carboxylic acids is 3. The maximum atomic E-state index is 12.9. The number of ether oxygens (including phenoxy) is 3. The third-order valence-electron chi connectivity index (χ3n) is 15.3. The van der Waals surface area contributed by atoms with E-state index in [9.17, 15) is 14.4 Å². The third kappa shape index (κ3) is 67.1. The lowest BCUT2D eigenvalue weighted by atomic mass is 10.0. The summed E-state index contributed by atoms with van der Waals surface area (Å²) in [6.07, 6.45) is 94.5. The normalized spacial score (nSPS) is 12.7. The highest BCUT2D eigenvalue weighted by molar-refractivity contribution is 5.71. The first-order chi connectivity index (χ1) is 40.5. The smallest absolute Gasteiger partial charge is 0.306 e. The Labute approximate surface area is 508 Å². The number of hydrogen-bond donors (Lipinski definition) is 0. The summed E-state index contributed by atoms with van der Waals surface area (Å²) < 4.78 is 16.9. The molecule has 0 radical (unpaired) electrons. The molecule has 0 aliphatic rings. The molecule has 0 spiro atoms. The molecule has 0 aromatic carbocycles. The van der Waals surface area contributed by atoms with Crippen LogP contribution in [0, 0.1) is 0 Å². The molecule has 0 amide bonds. The van der Waals surface area contributed by atoms with Crippen LogP contribution >= 0.6 is 0 Å². The van der Waals surface area contributed by atoms with Crippen LogP contribution in [0.25, 0.3) is 0 Å². The topological polar surface area (TPSA) is 78.9 Å². The summed E-state index contributed by atoms with van der Waals surface area (Å²) in [4.78, 5) is 38.3. The molecule has 82 heavy (non-hydrogen) atoms. The van der Waals surface area contributed by atoms with Crippen molar-refractivity contribution < 1.29 is 28.6 Å². The van der Waals surface area contributed by atoms with E-state index in [1.807, 2.05) is 0 Å². The molecule has 0 aromatic rings. The number of rotatable bonds is 64. The van der Waals surface area contributed by atoms with Gasteiger partial charge in [0.25, 0.3) is 0 Å². The summed E-state index contributed by atoms with van der Waals surface area (Å²) in [7, 11) is 0. The van der Waals surface area contributed by atoms with Gasteiger partial charge in [-0.1, -0.05) is 311 Å². The predicted octanol–water partition coefficient (Wildman–Crippen LogP) is 24.4. The molecule has 1 atom stereocenters. The summed E-state index contributed by atoms with van der Waals surface area (Å²) >= 11 is 0. The fraction of sp³-hybridized carbons (Fsp3) is 0.750. The van der Waals surface area contributed by atoms with E-state index in [1.165, 1.54) is 193 Å². The molecule has 0 aromatic heterocycles. The van der Waals surface area contributed by atoms with Gasteiger partial charge in [-0.15, -0.1) is 0 Å². The van der Waals surface area contributed by atoms with Crippen LogP contribution in [-0.4, -0.2) is 37.2 Å². The molecule has 0 bridgehead atoms. The van der Waals surface area contributed by atoms with Gasteiger partial charge in [-0.05, 0) is 116 Å². The van der Waals surface area contributed by atoms with E-state index in [-0.39, 0.29) is 31.1 Å². The lowest BCUT2D eigenvalue weighted by molar-refractivity contribution is -0.167. The van der Waals surface area contributed by atoms with Gasteiger partial charge in [-0.25, -0.2) is 0 Å². The van der Waals surface area contributed by atoms with Crippen molar-refractivity contribution in [2.75, 3.05) is 13.2 Å². The van der Waals surface area contributed by atoms with E-state index in [4.69, 9.17) is 14.2 Å². The van der Waals surface area contributed by atoms with Gasteiger partial charge in [0, 0.05) is 19.3 Å². The predicted molar refractivity (Wildman–Crippen MR) is 357 cm³/mol. The lowest BCUT2D eigenvalue weighted by Gasteiger charge is -2.18. The summed E-state index contributed by atoms with van der Waals surface area (Å²) in [6.45, 7) is 6.48. The second-order valence-corrected chi connectivity index (χ2v) is 23.4. The van der Waals surface area contributed by atoms with Crippen LogP contribution in [0.5, 0.6) is 0 Å². The minimum atomic E-state index is -0.784. The maximum absolute atomic E-state index is 12.9. The molecule has 1 unspecified atom stereocenters. The van der Waals surface area contributed by atoms with Gasteiger partial charge in [0.05, 0.1) is 0 Å². The highest BCUT2D eigenvalue weighted by Crippen LogP contribution is 2.17. The molecule has 0 saturated carbocycles. The molecule has 0 rings (SSSR count). The van der Waals surface area contributed by atoms with Crippen molar-refractivity contribution in [3.05, 3.63) is 97.2 Å². The second kappa shape index (κ2) is 69.8. The zero-order chi connectivity index (χ0) is 59.2. The van der Waals surface area contributed by atoms with Gasteiger partial charge in [0.15, 0.2) is 6.10 Å². The van der Waals surface area contributed by atoms with Crippen molar-refractivity contribution in [3.8, 4) is 0 Å². The molecule has 6 nitrogen and oxygen atoms in total. The molecule has 0 N–H and O–H groups in total. The monoisotopic (exact) mass is 1140 g/mol. The van der Waals surface area contributed by atoms with Crippen molar-refractivity contribution in [1.29, 1.82) is 0 Å². The van der Waals surface area contributed by atoms with Crippen molar-refractivity contribution >= 4 is 17.9 Å². The SMILES string of the molecule is CC/C=C\C/C=C\C/C=C\C/C=C\CCCCCCCCCCCCCCCCCCCCC(=O)OCC(COC(=O)CCCCCCC/C=C\CCC)OC(=O)CCCCCCCCCC/C=C\C/C=C\C/C=C\CCCCCCC. The second-order valence-electron chi connectivity index (χ2n) is 23.4. The number of carbonyl (C=O) groups is 3. The van der Waals surface area contributed by atoms with Gasteiger partial charge >= 0.3 is 17.9 Å². The Hall–Kier alpha value is -3.67. The van der Waals surface area contributed by atoms with Crippen molar-refractivity contribution in [2.24, 2.45) is 0 Å². The van der Waals surface area contributed by atoms with Crippen LogP contribution in [0.2, 0.25) is 0 Å². The Kier molecular flexibility index (Phi) is 66.7. The first-order valence-electron chi connectivity index (χ1n) is 35.2. The van der Waals surface area contributed by atoms with Crippen LogP contribution in [-0.2, 0) is 28.6 Å². The van der Waals surface area contributed by atoms with E-state index in [0.717, 1.165) is 116 Å². The van der Waals surface area contributed by atoms with Gasteiger partial charge in [-0.2, -0.15) is 0 Å². The molecular formula is C76H132O6. The fourth-order valence-corrected chi connectivity index (χ4v) is 10.0. The molecule has 0 saturated heterocycles. The van der Waals surface area contributed by atoms with Crippen LogP contribution in [0.15, 0.2) is 97.2 Å². The maximum Gasteiger partial charge on any atom is 0.306 e. The highest BCUT2D eigenvalue weighted by Gasteiger charge is 2.19. The van der Waals surface area contributed by atoms with Crippen LogP contribution in [0.3, 0.4) is 0 Å². The minimum absolute atomic E-state index is 0.0801. The molecule has 0 heterocycles. The van der Waals surface area contributed by atoms with Crippen molar-refractivity contribution in [1.82, 2.24) is 0 Å². The van der Waals surface area contributed by atoms with Crippen LogP contribution in [0.4, 0.5) is 0 Å². The van der Waals surface area contributed by atoms with E-state index in [1.54, 1.807) is 0 Å². The summed E-state index contributed by atoms with van der Waals surface area (Å²) in [5.41, 5.74) is 0. The summed E-state index contributed by atoms with van der Waals surface area (Å²) in [5, 5.41) is 0. The average Bonchev–Trinajstić information content (AvgIpc) is 3.47. The standard InChI is InChI=1S/C76H132O6/c1-4-7-10-13-16-19-22-24-26-28-30-32-34-35-36-37-38-39-40-41-43-44-46-48-50-52-54-57-60-63-66-69-75(78)81-72-73(71-80-74(77)68-65-62-59-56-21-18-15-12-9-6-3)82-76(79)70-67-64-61-58-55-53-51-49-47-45-42-33-31-29-27-25-23-20-17-14-11-8-5-2/h7,10,12,15-16,19,23-26,29-32,42,45,73H,4-6,8-9,11,13-14,17-18,20-22,27-28,33-41,43-44,46-72H2,1-3H3/b10-7-,15-12-,19-16-,25-23-,26-24-,31-29-,32-30-,45-42-. The van der Waals surface area contributed by atoms with Crippen molar-refractivity contribution in [3.63, 3.8) is 0 Å². The Morgan fingerprint density at radius 3 is 0.805 bits per heavy atom. The number of allylic oxidation sites excluding steroid dienone is 16. The fourth-order valence-electron chi connectivity index (χ4n) is 10.0. The zero-order valence-corrected chi connectivity index (χ0v) is 54.2. The van der Waals surface area contributed by atoms with Crippen molar-refractivity contribution in [2.45, 2.75) is 354 Å². The molecule has 0 fully saturated rings.